The van der Waals surface area contributed by atoms with Gasteiger partial charge in [-0.25, -0.2) is 9.69 Å². The third-order valence-electron chi connectivity index (χ3n) is 6.73. The quantitative estimate of drug-likeness (QED) is 0.127. The largest absolute Gasteiger partial charge is 0.508 e. The van der Waals surface area contributed by atoms with Crippen LogP contribution in [0.4, 0.5) is 4.79 Å². The Kier molecular flexibility index (Phi) is 14.3. The summed E-state index contributed by atoms with van der Waals surface area (Å²) in [6.45, 7) is 3.97. The number of ketones is 2. The molecule has 0 aromatic heterocycles. The van der Waals surface area contributed by atoms with Gasteiger partial charge >= 0.3 is 12.1 Å². The monoisotopic (exact) mass is 660 g/mol. The average Bonchev–Trinajstić information content (AvgIpc) is 3.02. The minimum atomic E-state index is -2.13. The minimum Gasteiger partial charge on any atom is -0.508 e. The van der Waals surface area contributed by atoms with E-state index in [2.05, 4.69) is 10.6 Å². The van der Waals surface area contributed by atoms with Gasteiger partial charge in [0.05, 0.1) is 18.3 Å². The number of carbonyl (C=O) groups is 7. The highest BCUT2D eigenvalue weighted by Gasteiger charge is 2.43. The van der Waals surface area contributed by atoms with E-state index in [1.54, 1.807) is 42.5 Å². The van der Waals surface area contributed by atoms with Gasteiger partial charge in [0.1, 0.15) is 30.5 Å². The molecule has 15 heteroatoms. The fraction of sp³-hybridized carbons (Fsp3) is 0.387. The zero-order chi connectivity index (χ0) is 34.6. The molecule has 14 nitrogen and oxygen atoms in total. The molecule has 0 saturated heterocycles. The van der Waals surface area contributed by atoms with E-state index in [-0.39, 0.29) is 23.7 Å². The molecule has 4 atom stereocenters. The van der Waals surface area contributed by atoms with Crippen molar-refractivity contribution < 1.29 is 48.5 Å². The Morgan fingerprint density at radius 3 is 2.04 bits per heavy atom. The molecule has 6 N–H and O–H groups in total. The SMILES string of the molecule is CC(C)[C@H](NC(=O)[C@H](C)NC(=O)[C@@H](N)Cc1ccc(O)cc1)C(=O)N(C(=O)OCc1ccccc1)[C@@H](CC(=O)O)C(=O)C(=O)CCl. The predicted molar refractivity (Wildman–Crippen MR) is 164 cm³/mol. The highest BCUT2D eigenvalue weighted by atomic mass is 35.5. The molecule has 0 saturated carbocycles. The second kappa shape index (κ2) is 17.6. The van der Waals surface area contributed by atoms with Gasteiger partial charge < -0.3 is 31.3 Å². The Bertz CT molecular complexity index is 1420. The predicted octanol–water partition coefficient (Wildman–Crippen LogP) is 1.29. The van der Waals surface area contributed by atoms with Crippen molar-refractivity contribution in [3.63, 3.8) is 0 Å². The fourth-order valence-electron chi connectivity index (χ4n) is 4.18. The number of amides is 4. The van der Waals surface area contributed by atoms with Gasteiger partial charge in [-0.1, -0.05) is 56.3 Å². The highest BCUT2D eigenvalue weighted by Crippen LogP contribution is 2.17. The Balaban J connectivity index is 2.30. The van der Waals surface area contributed by atoms with Gasteiger partial charge in [0.15, 0.2) is 0 Å². The van der Waals surface area contributed by atoms with Crippen LogP contribution in [0.3, 0.4) is 0 Å². The molecule has 0 aliphatic carbocycles. The Morgan fingerprint density at radius 2 is 1.50 bits per heavy atom. The van der Waals surface area contributed by atoms with Crippen molar-refractivity contribution in [1.29, 1.82) is 0 Å². The van der Waals surface area contributed by atoms with Gasteiger partial charge in [-0.3, -0.25) is 28.8 Å². The van der Waals surface area contributed by atoms with Gasteiger partial charge in [-0.15, -0.1) is 11.6 Å². The van der Waals surface area contributed by atoms with Gasteiger partial charge in [0.25, 0.3) is 5.91 Å². The number of Topliss-reactive ketones (excluding diaryl/α,β-unsaturated/α-hetero) is 2. The molecule has 0 aliphatic heterocycles. The number of nitrogens with two attached hydrogens (primary N) is 1. The molecule has 2 rings (SSSR count). The maximum Gasteiger partial charge on any atom is 0.417 e. The number of phenolic OH excluding ortho intramolecular Hbond substituents is 1. The van der Waals surface area contributed by atoms with Crippen LogP contribution in [0, 0.1) is 5.92 Å². The van der Waals surface area contributed by atoms with Crippen LogP contribution in [-0.2, 0) is 46.5 Å². The molecular formula is C31H37ClN4O10. The normalized spacial score (nSPS) is 13.4. The van der Waals surface area contributed by atoms with E-state index in [0.29, 0.717) is 11.1 Å². The molecule has 0 spiro atoms. The second-order valence-corrected chi connectivity index (χ2v) is 11.0. The number of halogens is 1. The van der Waals surface area contributed by atoms with Gasteiger partial charge in [-0.05, 0) is 42.5 Å². The van der Waals surface area contributed by atoms with Crippen LogP contribution in [0.15, 0.2) is 54.6 Å². The van der Waals surface area contributed by atoms with Crippen molar-refractivity contribution in [2.75, 3.05) is 5.88 Å². The summed E-state index contributed by atoms with van der Waals surface area (Å²) in [4.78, 5) is 90.1. The van der Waals surface area contributed by atoms with E-state index < -0.39 is 83.7 Å². The molecule has 0 bridgehead atoms. The second-order valence-electron chi connectivity index (χ2n) is 10.7. The first kappa shape index (κ1) is 37.4. The number of hydrogen-bond donors (Lipinski definition) is 5. The number of rotatable bonds is 16. The Hall–Kier alpha value is -4.82. The maximum atomic E-state index is 13.9. The number of alkyl halides is 1. The van der Waals surface area contributed by atoms with Gasteiger partial charge in [0, 0.05) is 0 Å². The first-order valence-electron chi connectivity index (χ1n) is 14.2. The molecule has 0 fully saturated rings. The van der Waals surface area contributed by atoms with Gasteiger partial charge in [-0.2, -0.15) is 0 Å². The zero-order valence-electron chi connectivity index (χ0n) is 25.5. The lowest BCUT2D eigenvalue weighted by atomic mass is 9.98. The summed E-state index contributed by atoms with van der Waals surface area (Å²) >= 11 is 5.52. The number of nitrogens with one attached hydrogen (secondary N) is 2. The van der Waals surface area contributed by atoms with Crippen LogP contribution in [-0.4, -0.2) is 86.5 Å². The maximum absolute atomic E-state index is 13.9. The highest BCUT2D eigenvalue weighted by molar-refractivity contribution is 6.49. The van der Waals surface area contributed by atoms with Crippen molar-refractivity contribution in [1.82, 2.24) is 15.5 Å². The molecule has 0 unspecified atom stereocenters. The fourth-order valence-corrected chi connectivity index (χ4v) is 4.32. The van der Waals surface area contributed by atoms with E-state index in [1.807, 2.05) is 0 Å². The molecule has 0 aliphatic rings. The number of aliphatic carboxylic acids is 1. The smallest absolute Gasteiger partial charge is 0.417 e. The van der Waals surface area contributed by atoms with Crippen LogP contribution < -0.4 is 16.4 Å². The Labute approximate surface area is 270 Å². The van der Waals surface area contributed by atoms with Crippen molar-refractivity contribution in [3.05, 3.63) is 65.7 Å². The molecule has 2 aromatic carbocycles. The average molecular weight is 661 g/mol. The molecule has 0 radical (unpaired) electrons. The number of carboxylic acids is 1. The van der Waals surface area contributed by atoms with Crippen LogP contribution >= 0.6 is 11.6 Å². The summed E-state index contributed by atoms with van der Waals surface area (Å²) in [6, 6.07) is 8.29. The van der Waals surface area contributed by atoms with Crippen molar-refractivity contribution in [2.24, 2.45) is 11.7 Å². The van der Waals surface area contributed by atoms with Crippen molar-refractivity contribution >= 4 is 53.0 Å². The van der Waals surface area contributed by atoms with Crippen molar-refractivity contribution in [3.8, 4) is 5.75 Å². The van der Waals surface area contributed by atoms with Crippen LogP contribution in [0.1, 0.15) is 38.3 Å². The number of carboxylic acid groups (broad SMARTS) is 1. The molecule has 0 heterocycles. The van der Waals surface area contributed by atoms with Crippen molar-refractivity contribution in [2.45, 2.75) is 64.4 Å². The number of imide groups is 1. The summed E-state index contributed by atoms with van der Waals surface area (Å²) in [5.41, 5.74) is 7.13. The van der Waals surface area contributed by atoms with E-state index in [0.717, 1.165) is 0 Å². The standard InChI is InChI=1S/C31H37ClN4O10/c1-17(2)26(35-28(42)18(3)34-29(43)22(33)13-19-9-11-21(37)12-10-19)30(44)36(23(14-25(39)40)27(41)24(38)15-32)31(45)46-16-20-7-5-4-6-8-20/h4-12,17-18,22-23,26,37H,13-16,33H2,1-3H3,(H,34,43)(H,35,42)(H,39,40)/t18-,22-,23-,26-/m0/s1. The first-order chi connectivity index (χ1) is 21.7. The molecule has 4 amide bonds. The summed E-state index contributed by atoms with van der Waals surface area (Å²) in [5.74, 6) is -8.62. The molecular weight excluding hydrogens is 624 g/mol. The summed E-state index contributed by atoms with van der Waals surface area (Å²) < 4.78 is 5.23. The Morgan fingerprint density at radius 1 is 0.891 bits per heavy atom. The number of nitrogens with zero attached hydrogens (tertiary/aromatic N) is 1. The topological polar surface area (TPSA) is 222 Å². The minimum absolute atomic E-state index is 0.0358. The lowest BCUT2D eigenvalue weighted by molar-refractivity contribution is -0.148. The number of aromatic hydroxyl groups is 1. The number of carbonyl (C=O) groups excluding carboxylic acids is 6. The van der Waals surface area contributed by atoms with E-state index in [1.165, 1.54) is 32.9 Å². The molecule has 46 heavy (non-hydrogen) atoms. The summed E-state index contributed by atoms with van der Waals surface area (Å²) in [6.07, 6.45) is -2.48. The summed E-state index contributed by atoms with van der Waals surface area (Å²) in [5, 5.41) is 23.8. The van der Waals surface area contributed by atoms with Gasteiger partial charge in [0.2, 0.25) is 23.4 Å². The molecule has 248 valence electrons. The van der Waals surface area contributed by atoms with E-state index >= 15 is 0 Å². The first-order valence-corrected chi connectivity index (χ1v) is 14.7. The third-order valence-corrected chi connectivity index (χ3v) is 6.97. The van der Waals surface area contributed by atoms with Crippen LogP contribution in [0.5, 0.6) is 5.75 Å². The number of benzene rings is 2. The van der Waals surface area contributed by atoms with Crippen LogP contribution in [0.2, 0.25) is 0 Å². The third kappa shape index (κ3) is 11.0. The van der Waals surface area contributed by atoms with Crippen LogP contribution in [0.25, 0.3) is 0 Å². The number of phenols is 1. The lowest BCUT2D eigenvalue weighted by Crippen LogP contribution is -2.61. The molecule has 2 aromatic rings. The number of ether oxygens (including phenoxy) is 1. The summed E-state index contributed by atoms with van der Waals surface area (Å²) in [7, 11) is 0. The van der Waals surface area contributed by atoms with E-state index in [9.17, 15) is 43.8 Å². The van der Waals surface area contributed by atoms with E-state index in [4.69, 9.17) is 22.1 Å². The zero-order valence-corrected chi connectivity index (χ0v) is 26.2. The lowest BCUT2D eigenvalue weighted by Gasteiger charge is -2.32. The number of hydrogen-bond acceptors (Lipinski definition) is 10.